The van der Waals surface area contributed by atoms with Crippen molar-refractivity contribution in [3.63, 3.8) is 0 Å². The van der Waals surface area contributed by atoms with Gasteiger partial charge in [-0.05, 0) is 47.6 Å². The summed E-state index contributed by atoms with van der Waals surface area (Å²) in [5.41, 5.74) is 3.91. The molecular formula is C20H28O2. The fourth-order valence-electron chi connectivity index (χ4n) is 2.98. The Labute approximate surface area is 134 Å². The summed E-state index contributed by atoms with van der Waals surface area (Å²) in [5, 5.41) is 9.44. The Morgan fingerprint density at radius 2 is 1.23 bits per heavy atom. The van der Waals surface area contributed by atoms with Gasteiger partial charge in [0.05, 0.1) is 0 Å². The van der Waals surface area contributed by atoms with Crippen LogP contribution in [0.15, 0.2) is 48.5 Å². The third kappa shape index (κ3) is 3.69. The summed E-state index contributed by atoms with van der Waals surface area (Å²) in [6.07, 6.45) is 2.38. The van der Waals surface area contributed by atoms with Crippen LogP contribution in [0.25, 0.3) is 0 Å². The highest BCUT2D eigenvalue weighted by Gasteiger charge is 2.23. The van der Waals surface area contributed by atoms with Crippen LogP contribution < -0.4 is 0 Å². The van der Waals surface area contributed by atoms with E-state index in [0.717, 1.165) is 0 Å². The molecule has 0 aliphatic rings. The summed E-state index contributed by atoms with van der Waals surface area (Å²) < 4.78 is 0. The highest BCUT2D eigenvalue weighted by atomic mass is 16.3. The molecule has 22 heavy (non-hydrogen) atoms. The fourth-order valence-corrected chi connectivity index (χ4v) is 2.98. The number of hydrogen-bond acceptors (Lipinski definition) is 1. The third-order valence-corrected chi connectivity index (χ3v) is 4.68. The zero-order valence-corrected chi connectivity index (χ0v) is 14.1. The maximum atomic E-state index is 9.44. The quantitative estimate of drug-likeness (QED) is 0.847. The van der Waals surface area contributed by atoms with Gasteiger partial charge in [-0.2, -0.15) is 0 Å². The number of benzene rings is 2. The van der Waals surface area contributed by atoms with E-state index in [1.807, 2.05) is 12.1 Å². The molecule has 0 aliphatic heterocycles. The number of aromatic hydroxyl groups is 1. The van der Waals surface area contributed by atoms with Crippen LogP contribution in [0.5, 0.6) is 5.75 Å². The van der Waals surface area contributed by atoms with E-state index in [4.69, 9.17) is 0 Å². The van der Waals surface area contributed by atoms with Crippen LogP contribution in [0.1, 0.15) is 63.1 Å². The van der Waals surface area contributed by atoms with Gasteiger partial charge in [-0.25, -0.2) is 0 Å². The Morgan fingerprint density at radius 1 is 0.818 bits per heavy atom. The molecule has 2 rings (SSSR count). The van der Waals surface area contributed by atoms with Crippen molar-refractivity contribution in [2.75, 3.05) is 0 Å². The molecule has 2 nitrogen and oxygen atoms in total. The first-order chi connectivity index (χ1) is 9.98. The summed E-state index contributed by atoms with van der Waals surface area (Å²) >= 11 is 0. The molecule has 0 bridgehead atoms. The molecule has 0 aromatic heterocycles. The van der Waals surface area contributed by atoms with Gasteiger partial charge >= 0.3 is 0 Å². The minimum absolute atomic E-state index is 0. The van der Waals surface area contributed by atoms with Gasteiger partial charge in [0.1, 0.15) is 5.75 Å². The Hall–Kier alpha value is -1.80. The van der Waals surface area contributed by atoms with Crippen molar-refractivity contribution in [1.29, 1.82) is 0 Å². The van der Waals surface area contributed by atoms with E-state index in [1.165, 1.54) is 29.5 Å². The molecule has 2 heteroatoms. The maximum Gasteiger partial charge on any atom is 0.115 e. The number of hydrogen-bond donors (Lipinski definition) is 1. The van der Waals surface area contributed by atoms with Gasteiger partial charge in [0.15, 0.2) is 0 Å². The first kappa shape index (κ1) is 18.2. The van der Waals surface area contributed by atoms with Crippen molar-refractivity contribution in [3.05, 3.63) is 65.2 Å². The largest absolute Gasteiger partial charge is 0.508 e. The van der Waals surface area contributed by atoms with Crippen LogP contribution in [-0.2, 0) is 5.41 Å². The van der Waals surface area contributed by atoms with Gasteiger partial charge < -0.3 is 10.6 Å². The lowest BCUT2D eigenvalue weighted by Gasteiger charge is -2.27. The molecule has 0 radical (unpaired) electrons. The van der Waals surface area contributed by atoms with Crippen molar-refractivity contribution >= 4 is 0 Å². The van der Waals surface area contributed by atoms with Crippen LogP contribution >= 0.6 is 0 Å². The number of phenols is 1. The summed E-state index contributed by atoms with van der Waals surface area (Å²) in [5.74, 6) is 0.981. The molecule has 0 spiro atoms. The summed E-state index contributed by atoms with van der Waals surface area (Å²) in [6, 6.07) is 16.6. The molecule has 2 aromatic carbocycles. The third-order valence-electron chi connectivity index (χ3n) is 4.68. The van der Waals surface area contributed by atoms with E-state index in [1.54, 1.807) is 12.1 Å². The van der Waals surface area contributed by atoms with E-state index in [-0.39, 0.29) is 10.9 Å². The van der Waals surface area contributed by atoms with Crippen LogP contribution in [0.3, 0.4) is 0 Å². The average Bonchev–Trinajstić information content (AvgIpc) is 2.49. The van der Waals surface area contributed by atoms with Gasteiger partial charge in [-0.1, -0.05) is 64.1 Å². The summed E-state index contributed by atoms with van der Waals surface area (Å²) in [6.45, 7) is 8.96. The Bertz CT molecular complexity index is 564. The Balaban J connectivity index is 0.00000242. The average molecular weight is 300 g/mol. The molecule has 0 heterocycles. The predicted molar refractivity (Wildman–Crippen MR) is 93.6 cm³/mol. The molecule has 0 aliphatic carbocycles. The first-order valence-electron chi connectivity index (χ1n) is 7.89. The van der Waals surface area contributed by atoms with E-state index >= 15 is 0 Å². The van der Waals surface area contributed by atoms with Crippen molar-refractivity contribution < 1.29 is 10.6 Å². The van der Waals surface area contributed by atoms with Crippen molar-refractivity contribution in [3.8, 4) is 5.75 Å². The first-order valence-corrected chi connectivity index (χ1v) is 7.89. The maximum absolute atomic E-state index is 9.44. The van der Waals surface area contributed by atoms with Gasteiger partial charge in [0.25, 0.3) is 0 Å². The summed E-state index contributed by atoms with van der Waals surface area (Å²) in [7, 11) is 0. The monoisotopic (exact) mass is 300 g/mol. The summed E-state index contributed by atoms with van der Waals surface area (Å²) in [4.78, 5) is 0. The number of rotatable bonds is 5. The lowest BCUT2D eigenvalue weighted by atomic mass is 9.77. The van der Waals surface area contributed by atoms with Gasteiger partial charge in [0.2, 0.25) is 0 Å². The second-order valence-electron chi connectivity index (χ2n) is 6.31. The molecule has 0 saturated carbocycles. The highest BCUT2D eigenvalue weighted by molar-refractivity contribution is 5.40. The molecule has 2 aromatic rings. The normalized spacial score (nSPS) is 11.3. The van der Waals surface area contributed by atoms with E-state index in [9.17, 15) is 5.11 Å². The van der Waals surface area contributed by atoms with Gasteiger partial charge in [-0.15, -0.1) is 0 Å². The zero-order chi connectivity index (χ0) is 15.5. The van der Waals surface area contributed by atoms with Crippen LogP contribution in [0.4, 0.5) is 0 Å². The fraction of sp³-hybridized carbons (Fsp3) is 0.400. The lowest BCUT2D eigenvalue weighted by molar-refractivity contribution is 0.474. The highest BCUT2D eigenvalue weighted by Crippen LogP contribution is 2.33. The minimum atomic E-state index is -0.0554. The van der Waals surface area contributed by atoms with Crippen LogP contribution in [-0.4, -0.2) is 10.6 Å². The SMILES string of the molecule is CCC(CC)c1ccc(C(C)(C)c2ccc(O)cc2)cc1.O. The van der Waals surface area contributed by atoms with Gasteiger partial charge in [0, 0.05) is 5.41 Å². The molecule has 0 atom stereocenters. The topological polar surface area (TPSA) is 51.7 Å². The molecule has 0 fully saturated rings. The van der Waals surface area contributed by atoms with Crippen LogP contribution in [0, 0.1) is 0 Å². The predicted octanol–water partition coefficient (Wildman–Crippen LogP) is 4.80. The molecular weight excluding hydrogens is 272 g/mol. The van der Waals surface area contributed by atoms with Crippen LogP contribution in [0.2, 0.25) is 0 Å². The smallest absolute Gasteiger partial charge is 0.115 e. The molecule has 0 saturated heterocycles. The molecule has 0 amide bonds. The number of phenolic OH excluding ortho intramolecular Hbond substituents is 1. The lowest BCUT2D eigenvalue weighted by Crippen LogP contribution is -2.18. The minimum Gasteiger partial charge on any atom is -0.508 e. The molecule has 120 valence electrons. The second-order valence-corrected chi connectivity index (χ2v) is 6.31. The molecule has 0 unspecified atom stereocenters. The Morgan fingerprint density at radius 3 is 1.64 bits per heavy atom. The standard InChI is InChI=1S/C20H26O.H2O/c1-5-15(6-2)16-7-9-17(10-8-16)20(3,4)18-11-13-19(21)14-12-18;/h7-15,21H,5-6H2,1-4H3;1H2. The Kier molecular flexibility index (Phi) is 6.19. The second kappa shape index (κ2) is 7.46. The van der Waals surface area contributed by atoms with Gasteiger partial charge in [-0.3, -0.25) is 0 Å². The molecule has 3 N–H and O–H groups in total. The van der Waals surface area contributed by atoms with Crippen molar-refractivity contribution in [2.45, 2.75) is 51.9 Å². The van der Waals surface area contributed by atoms with E-state index < -0.39 is 0 Å². The van der Waals surface area contributed by atoms with Crippen molar-refractivity contribution in [2.24, 2.45) is 0 Å². The van der Waals surface area contributed by atoms with Crippen molar-refractivity contribution in [1.82, 2.24) is 0 Å². The zero-order valence-electron chi connectivity index (χ0n) is 14.1. The van der Waals surface area contributed by atoms with E-state index in [2.05, 4.69) is 52.0 Å². The van der Waals surface area contributed by atoms with E-state index in [0.29, 0.717) is 11.7 Å².